The standard InChI is InChI=1S/C13H20N2O2S2/c1-9-7-12(14)10(2)13(8-9)19(16,17)15-11-3-5-18-6-4-11/h7-8,11,15H,3-6,14H2,1-2H3. The number of thioether (sulfide) groups is 1. The number of anilines is 1. The molecule has 19 heavy (non-hydrogen) atoms. The van der Waals surface area contributed by atoms with Crippen LogP contribution < -0.4 is 10.5 Å². The maximum atomic E-state index is 12.5. The average Bonchev–Trinajstić information content (AvgIpc) is 2.34. The summed E-state index contributed by atoms with van der Waals surface area (Å²) in [5.74, 6) is 2.03. The number of nitrogens with one attached hydrogen (secondary N) is 1. The van der Waals surface area contributed by atoms with Crippen LogP contribution in [0.4, 0.5) is 5.69 Å². The van der Waals surface area contributed by atoms with Gasteiger partial charge in [-0.25, -0.2) is 13.1 Å². The highest BCUT2D eigenvalue weighted by molar-refractivity contribution is 7.99. The van der Waals surface area contributed by atoms with E-state index in [0.717, 1.165) is 29.9 Å². The van der Waals surface area contributed by atoms with Gasteiger partial charge in [0.15, 0.2) is 0 Å². The van der Waals surface area contributed by atoms with Crippen LogP contribution in [0.25, 0.3) is 0 Å². The third-order valence-electron chi connectivity index (χ3n) is 3.38. The molecule has 0 atom stereocenters. The lowest BCUT2D eigenvalue weighted by Gasteiger charge is -2.23. The number of hydrogen-bond acceptors (Lipinski definition) is 4. The molecule has 1 fully saturated rings. The first-order valence-electron chi connectivity index (χ1n) is 6.37. The van der Waals surface area contributed by atoms with Crippen LogP contribution in [0.3, 0.4) is 0 Å². The van der Waals surface area contributed by atoms with E-state index in [2.05, 4.69) is 4.72 Å². The molecule has 6 heteroatoms. The van der Waals surface area contributed by atoms with Crippen molar-refractivity contribution in [1.82, 2.24) is 4.72 Å². The molecule has 1 aromatic carbocycles. The van der Waals surface area contributed by atoms with Crippen molar-refractivity contribution in [1.29, 1.82) is 0 Å². The zero-order chi connectivity index (χ0) is 14.0. The van der Waals surface area contributed by atoms with E-state index in [1.807, 2.05) is 18.7 Å². The maximum Gasteiger partial charge on any atom is 0.241 e. The molecular weight excluding hydrogens is 280 g/mol. The second-order valence-electron chi connectivity index (χ2n) is 4.99. The molecule has 106 valence electrons. The number of sulfonamides is 1. The van der Waals surface area contributed by atoms with Crippen molar-refractivity contribution >= 4 is 27.5 Å². The highest BCUT2D eigenvalue weighted by atomic mass is 32.2. The van der Waals surface area contributed by atoms with Crippen molar-refractivity contribution in [3.05, 3.63) is 23.3 Å². The summed E-state index contributed by atoms with van der Waals surface area (Å²) in [5.41, 5.74) is 7.87. The monoisotopic (exact) mass is 300 g/mol. The zero-order valence-electron chi connectivity index (χ0n) is 11.3. The molecule has 1 saturated heterocycles. The summed E-state index contributed by atoms with van der Waals surface area (Å²) in [5, 5.41) is 0. The van der Waals surface area contributed by atoms with Crippen LogP contribution in [-0.4, -0.2) is 26.0 Å². The van der Waals surface area contributed by atoms with Gasteiger partial charge in [0.05, 0.1) is 4.90 Å². The van der Waals surface area contributed by atoms with Gasteiger partial charge in [-0.05, 0) is 61.5 Å². The molecule has 0 aromatic heterocycles. The van der Waals surface area contributed by atoms with E-state index in [0.29, 0.717) is 16.1 Å². The topological polar surface area (TPSA) is 72.2 Å². The Hall–Kier alpha value is -0.720. The molecule has 0 unspecified atom stereocenters. The van der Waals surface area contributed by atoms with Gasteiger partial charge in [-0.3, -0.25) is 0 Å². The van der Waals surface area contributed by atoms with E-state index in [4.69, 9.17) is 5.73 Å². The summed E-state index contributed by atoms with van der Waals surface area (Å²) in [7, 11) is -3.47. The number of aryl methyl sites for hydroxylation is 1. The summed E-state index contributed by atoms with van der Waals surface area (Å²) in [6.07, 6.45) is 1.79. The zero-order valence-corrected chi connectivity index (χ0v) is 12.9. The number of rotatable bonds is 3. The molecule has 1 aliphatic heterocycles. The molecule has 0 spiro atoms. The van der Waals surface area contributed by atoms with E-state index in [1.54, 1.807) is 19.1 Å². The molecule has 0 saturated carbocycles. The van der Waals surface area contributed by atoms with Gasteiger partial charge < -0.3 is 5.73 Å². The lowest BCUT2D eigenvalue weighted by Crippen LogP contribution is -2.37. The minimum atomic E-state index is -3.47. The van der Waals surface area contributed by atoms with Gasteiger partial charge >= 0.3 is 0 Å². The molecular formula is C13H20N2O2S2. The molecule has 1 aromatic rings. The van der Waals surface area contributed by atoms with Crippen molar-refractivity contribution in [2.75, 3.05) is 17.2 Å². The summed E-state index contributed by atoms with van der Waals surface area (Å²) in [6, 6.07) is 3.53. The first kappa shape index (κ1) is 14.7. The minimum absolute atomic E-state index is 0.0485. The summed E-state index contributed by atoms with van der Waals surface area (Å²) in [6.45, 7) is 3.60. The summed E-state index contributed by atoms with van der Waals surface area (Å²) >= 11 is 1.87. The Morgan fingerprint density at radius 1 is 1.26 bits per heavy atom. The van der Waals surface area contributed by atoms with Crippen LogP contribution in [0.15, 0.2) is 17.0 Å². The van der Waals surface area contributed by atoms with Crippen molar-refractivity contribution in [3.63, 3.8) is 0 Å². The predicted molar refractivity (Wildman–Crippen MR) is 81.0 cm³/mol. The van der Waals surface area contributed by atoms with E-state index in [9.17, 15) is 8.42 Å². The maximum absolute atomic E-state index is 12.5. The first-order valence-corrected chi connectivity index (χ1v) is 9.01. The molecule has 1 heterocycles. The Balaban J connectivity index is 2.28. The second-order valence-corrected chi connectivity index (χ2v) is 7.89. The average molecular weight is 300 g/mol. The Morgan fingerprint density at radius 2 is 1.89 bits per heavy atom. The fourth-order valence-electron chi connectivity index (χ4n) is 2.23. The molecule has 0 bridgehead atoms. The van der Waals surface area contributed by atoms with Gasteiger partial charge in [-0.1, -0.05) is 0 Å². The van der Waals surface area contributed by atoms with Gasteiger partial charge in [0, 0.05) is 11.7 Å². The van der Waals surface area contributed by atoms with Crippen LogP contribution in [0.2, 0.25) is 0 Å². The van der Waals surface area contributed by atoms with Crippen molar-refractivity contribution in [3.8, 4) is 0 Å². The van der Waals surface area contributed by atoms with Gasteiger partial charge in [-0.2, -0.15) is 11.8 Å². The lowest BCUT2D eigenvalue weighted by atomic mass is 10.1. The SMILES string of the molecule is Cc1cc(N)c(C)c(S(=O)(=O)NC2CCSCC2)c1. The van der Waals surface area contributed by atoms with Gasteiger partial charge in [0.1, 0.15) is 0 Å². The number of nitrogen functional groups attached to an aromatic ring is 1. The quantitative estimate of drug-likeness (QED) is 0.838. The summed E-state index contributed by atoms with van der Waals surface area (Å²) < 4.78 is 27.7. The largest absolute Gasteiger partial charge is 0.398 e. The van der Waals surface area contributed by atoms with E-state index in [-0.39, 0.29) is 6.04 Å². The minimum Gasteiger partial charge on any atom is -0.398 e. The van der Waals surface area contributed by atoms with E-state index in [1.165, 1.54) is 0 Å². The number of hydrogen-bond donors (Lipinski definition) is 2. The third-order valence-corrected chi connectivity index (χ3v) is 6.07. The first-order chi connectivity index (χ1) is 8.90. The Kier molecular flexibility index (Phi) is 4.43. The molecule has 0 aliphatic carbocycles. The highest BCUT2D eigenvalue weighted by Crippen LogP contribution is 2.25. The molecule has 0 amide bonds. The van der Waals surface area contributed by atoms with Crippen molar-refractivity contribution in [2.45, 2.75) is 37.6 Å². The fraction of sp³-hybridized carbons (Fsp3) is 0.538. The molecule has 4 nitrogen and oxygen atoms in total. The van der Waals surface area contributed by atoms with Gasteiger partial charge in [-0.15, -0.1) is 0 Å². The van der Waals surface area contributed by atoms with E-state index < -0.39 is 10.0 Å². The van der Waals surface area contributed by atoms with Crippen LogP contribution in [0.1, 0.15) is 24.0 Å². The summed E-state index contributed by atoms with van der Waals surface area (Å²) in [4.78, 5) is 0.309. The van der Waals surface area contributed by atoms with E-state index >= 15 is 0 Å². The van der Waals surface area contributed by atoms with Crippen LogP contribution in [-0.2, 0) is 10.0 Å². The van der Waals surface area contributed by atoms with Crippen LogP contribution >= 0.6 is 11.8 Å². The smallest absolute Gasteiger partial charge is 0.241 e. The molecule has 3 N–H and O–H groups in total. The highest BCUT2D eigenvalue weighted by Gasteiger charge is 2.24. The normalized spacial score (nSPS) is 17.6. The van der Waals surface area contributed by atoms with Gasteiger partial charge in [0.25, 0.3) is 0 Å². The molecule has 1 aliphatic rings. The Bertz CT molecular complexity index is 564. The lowest BCUT2D eigenvalue weighted by molar-refractivity contribution is 0.528. The number of benzene rings is 1. The van der Waals surface area contributed by atoms with Crippen molar-refractivity contribution in [2.24, 2.45) is 0 Å². The molecule has 2 rings (SSSR count). The third kappa shape index (κ3) is 3.43. The van der Waals surface area contributed by atoms with Crippen LogP contribution in [0, 0.1) is 13.8 Å². The second kappa shape index (κ2) is 5.73. The van der Waals surface area contributed by atoms with Gasteiger partial charge in [0.2, 0.25) is 10.0 Å². The predicted octanol–water partition coefficient (Wildman–Crippen LogP) is 2.06. The van der Waals surface area contributed by atoms with Crippen LogP contribution in [0.5, 0.6) is 0 Å². The molecule has 0 radical (unpaired) electrons. The Morgan fingerprint density at radius 3 is 2.53 bits per heavy atom. The van der Waals surface area contributed by atoms with Crippen molar-refractivity contribution < 1.29 is 8.42 Å². The fourth-order valence-corrected chi connectivity index (χ4v) is 5.00. The number of nitrogens with two attached hydrogens (primary N) is 1. The Labute approximate surface area is 119 Å².